The lowest BCUT2D eigenvalue weighted by atomic mass is 10.0. The summed E-state index contributed by atoms with van der Waals surface area (Å²) in [5.41, 5.74) is 0. The minimum Gasteiger partial charge on any atom is -0.480 e. The molecule has 0 aromatic heterocycles. The highest BCUT2D eigenvalue weighted by Gasteiger charge is 2.27. The van der Waals surface area contributed by atoms with Crippen LogP contribution in [0.4, 0.5) is 0 Å². The van der Waals surface area contributed by atoms with Gasteiger partial charge in [0.05, 0.1) is 4.90 Å². The quantitative estimate of drug-likeness (QED) is 0.576. The first kappa shape index (κ1) is 19.6. The minimum absolute atomic E-state index is 0.155. The van der Waals surface area contributed by atoms with E-state index in [4.69, 9.17) is 5.11 Å². The molecule has 0 aliphatic carbocycles. The van der Waals surface area contributed by atoms with Crippen LogP contribution in [-0.4, -0.2) is 53.8 Å². The molecular weight excluding hydrogens is 344 g/mol. The van der Waals surface area contributed by atoms with Crippen LogP contribution in [0.1, 0.15) is 6.92 Å². The Hall–Kier alpha value is -1.49. The zero-order valence-corrected chi connectivity index (χ0v) is 14.6. The lowest BCUT2D eigenvalue weighted by molar-refractivity contribution is -0.140. The average molecular weight is 364 g/mol. The Morgan fingerprint density at radius 3 is 2.13 bits per heavy atom. The summed E-state index contributed by atoms with van der Waals surface area (Å²) in [7, 11) is -6.34. The van der Waals surface area contributed by atoms with Crippen molar-refractivity contribution in [3.05, 3.63) is 24.3 Å². The van der Waals surface area contributed by atoms with Crippen molar-refractivity contribution >= 4 is 25.8 Å². The van der Waals surface area contributed by atoms with Gasteiger partial charge in [0.25, 0.3) is 0 Å². The van der Waals surface area contributed by atoms with E-state index in [0.717, 1.165) is 6.26 Å². The third-order valence-corrected chi connectivity index (χ3v) is 6.05. The van der Waals surface area contributed by atoms with Crippen molar-refractivity contribution in [1.29, 1.82) is 0 Å². The monoisotopic (exact) mass is 364 g/mol. The van der Waals surface area contributed by atoms with Crippen LogP contribution in [0, 0.1) is 5.92 Å². The normalized spacial score (nSPS) is 15.1. The number of aliphatic carboxylic acids is 1. The van der Waals surface area contributed by atoms with Gasteiger partial charge in [-0.3, -0.25) is 4.79 Å². The smallest absolute Gasteiger partial charge is 0.321 e. The van der Waals surface area contributed by atoms with Gasteiger partial charge >= 0.3 is 5.97 Å². The second-order valence-electron chi connectivity index (χ2n) is 5.15. The second kappa shape index (κ2) is 7.39. The summed E-state index contributed by atoms with van der Waals surface area (Å²) in [6.07, 6.45) is 0.922. The molecule has 0 bridgehead atoms. The topological polar surface area (TPSA) is 130 Å². The van der Waals surface area contributed by atoms with Crippen molar-refractivity contribution in [1.82, 2.24) is 10.0 Å². The molecule has 23 heavy (non-hydrogen) atoms. The zero-order valence-electron chi connectivity index (χ0n) is 13.0. The van der Waals surface area contributed by atoms with Gasteiger partial charge in [0.2, 0.25) is 10.0 Å². The number of carbonyl (C=O) groups is 1. The third kappa shape index (κ3) is 4.99. The number of likely N-dealkylation sites (N-methyl/N-ethyl adjacent to an activating group) is 1. The van der Waals surface area contributed by atoms with Crippen molar-refractivity contribution in [2.75, 3.05) is 19.8 Å². The van der Waals surface area contributed by atoms with Crippen LogP contribution in [0.2, 0.25) is 0 Å². The van der Waals surface area contributed by atoms with E-state index in [1.54, 1.807) is 6.92 Å². The number of carboxylic acid groups (broad SMARTS) is 1. The lowest BCUT2D eigenvalue weighted by Gasteiger charge is -2.20. The molecule has 0 fully saturated rings. The molecule has 0 aliphatic rings. The fraction of sp³-hybridized carbons (Fsp3) is 0.462. The largest absolute Gasteiger partial charge is 0.480 e. The first-order valence-corrected chi connectivity index (χ1v) is 10.1. The van der Waals surface area contributed by atoms with Crippen molar-refractivity contribution in [3.8, 4) is 0 Å². The molecule has 1 unspecified atom stereocenters. The van der Waals surface area contributed by atoms with Crippen LogP contribution in [0.3, 0.4) is 0 Å². The Labute approximate surface area is 135 Å². The fourth-order valence-corrected chi connectivity index (χ4v) is 4.84. The Morgan fingerprint density at radius 2 is 1.70 bits per heavy atom. The van der Waals surface area contributed by atoms with Gasteiger partial charge in [0.1, 0.15) is 10.9 Å². The molecule has 10 heteroatoms. The predicted octanol–water partition coefficient (Wildman–Crippen LogP) is -0.323. The van der Waals surface area contributed by atoms with E-state index < -0.39 is 37.8 Å². The number of sulfone groups is 1. The molecule has 0 spiro atoms. The lowest BCUT2D eigenvalue weighted by Crippen LogP contribution is -2.44. The molecular formula is C13H20N2O6S2. The van der Waals surface area contributed by atoms with Gasteiger partial charge in [0.15, 0.2) is 9.84 Å². The Morgan fingerprint density at radius 1 is 1.17 bits per heavy atom. The first-order chi connectivity index (χ1) is 10.5. The molecule has 0 heterocycles. The number of sulfonamides is 1. The molecule has 2 atom stereocenters. The molecule has 0 amide bonds. The summed E-state index contributed by atoms with van der Waals surface area (Å²) in [5, 5.41) is 11.6. The van der Waals surface area contributed by atoms with E-state index >= 15 is 0 Å². The number of benzene rings is 1. The standard InChI is InChI=1S/C13H20N2O6S2/c1-9(12(14-2)13(16)17)8-15-23(20,21)11-7-5-4-6-10(11)22(3,18)19/h4-7,9,12,14-15H,8H2,1-3H3,(H,16,17)/t9?,12-/m0/s1. The van der Waals surface area contributed by atoms with Gasteiger partial charge in [-0.2, -0.15) is 0 Å². The molecule has 1 rings (SSSR count). The fourth-order valence-electron chi connectivity index (χ4n) is 2.07. The summed E-state index contributed by atoms with van der Waals surface area (Å²) in [6, 6.07) is 4.32. The van der Waals surface area contributed by atoms with Gasteiger partial charge in [-0.05, 0) is 25.1 Å². The Bertz CT molecular complexity index is 773. The van der Waals surface area contributed by atoms with Crippen LogP contribution in [-0.2, 0) is 24.7 Å². The maximum absolute atomic E-state index is 12.3. The summed E-state index contributed by atoms with van der Waals surface area (Å²) in [5.74, 6) is -1.64. The Kier molecular flexibility index (Phi) is 6.28. The summed E-state index contributed by atoms with van der Waals surface area (Å²) in [4.78, 5) is 10.4. The highest BCUT2D eigenvalue weighted by Crippen LogP contribution is 2.20. The molecule has 1 aromatic carbocycles. The molecule has 3 N–H and O–H groups in total. The van der Waals surface area contributed by atoms with Crippen LogP contribution in [0.15, 0.2) is 34.1 Å². The highest BCUT2D eigenvalue weighted by atomic mass is 32.2. The second-order valence-corrected chi connectivity index (χ2v) is 8.87. The number of carboxylic acids is 1. The number of hydrogen-bond donors (Lipinski definition) is 3. The molecule has 0 aliphatic heterocycles. The number of nitrogens with one attached hydrogen (secondary N) is 2. The SMILES string of the molecule is CN[C@H](C(=O)O)C(C)CNS(=O)(=O)c1ccccc1S(C)(=O)=O. The predicted molar refractivity (Wildman–Crippen MR) is 84.4 cm³/mol. The van der Waals surface area contributed by atoms with E-state index in [9.17, 15) is 21.6 Å². The van der Waals surface area contributed by atoms with Crippen molar-refractivity contribution < 1.29 is 26.7 Å². The maximum Gasteiger partial charge on any atom is 0.321 e. The van der Waals surface area contributed by atoms with Gasteiger partial charge in [-0.25, -0.2) is 21.6 Å². The van der Waals surface area contributed by atoms with E-state index in [-0.39, 0.29) is 16.3 Å². The van der Waals surface area contributed by atoms with Crippen LogP contribution in [0.25, 0.3) is 0 Å². The molecule has 0 saturated heterocycles. The molecule has 130 valence electrons. The Balaban J connectivity index is 3.05. The number of hydrogen-bond acceptors (Lipinski definition) is 6. The van der Waals surface area contributed by atoms with Crippen LogP contribution >= 0.6 is 0 Å². The minimum atomic E-state index is -4.09. The summed E-state index contributed by atoms with van der Waals surface area (Å²) in [6.45, 7) is 1.42. The number of rotatable bonds is 8. The van der Waals surface area contributed by atoms with E-state index in [2.05, 4.69) is 10.0 Å². The molecule has 8 nitrogen and oxygen atoms in total. The molecule has 1 aromatic rings. The van der Waals surface area contributed by atoms with Crippen LogP contribution < -0.4 is 10.0 Å². The van der Waals surface area contributed by atoms with Crippen molar-refractivity contribution in [3.63, 3.8) is 0 Å². The van der Waals surface area contributed by atoms with Gasteiger partial charge in [-0.15, -0.1) is 0 Å². The van der Waals surface area contributed by atoms with Gasteiger partial charge < -0.3 is 10.4 Å². The van der Waals surface area contributed by atoms with Crippen molar-refractivity contribution in [2.45, 2.75) is 22.8 Å². The molecule has 0 radical (unpaired) electrons. The summed E-state index contributed by atoms with van der Waals surface area (Å²) < 4.78 is 50.3. The average Bonchev–Trinajstić information content (AvgIpc) is 2.45. The highest BCUT2D eigenvalue weighted by molar-refractivity contribution is 7.93. The van der Waals surface area contributed by atoms with Gasteiger partial charge in [-0.1, -0.05) is 19.1 Å². The van der Waals surface area contributed by atoms with Crippen LogP contribution in [0.5, 0.6) is 0 Å². The first-order valence-electron chi connectivity index (χ1n) is 6.69. The van der Waals surface area contributed by atoms with E-state index in [1.807, 2.05) is 0 Å². The maximum atomic E-state index is 12.3. The van der Waals surface area contributed by atoms with E-state index in [1.165, 1.54) is 31.3 Å². The van der Waals surface area contributed by atoms with Gasteiger partial charge in [0, 0.05) is 12.8 Å². The summed E-state index contributed by atoms with van der Waals surface area (Å²) >= 11 is 0. The third-order valence-electron chi connectivity index (χ3n) is 3.28. The zero-order chi connectivity index (χ0) is 17.8. The van der Waals surface area contributed by atoms with Crippen molar-refractivity contribution in [2.24, 2.45) is 5.92 Å². The van der Waals surface area contributed by atoms with E-state index in [0.29, 0.717) is 0 Å². The molecule has 0 saturated carbocycles.